The number of para-hydroxylation sites is 1. The molecule has 0 bridgehead atoms. The molecule has 2 nitrogen and oxygen atoms in total. The van der Waals surface area contributed by atoms with E-state index in [1.807, 2.05) is 30.3 Å². The second-order valence-corrected chi connectivity index (χ2v) is 6.35. The normalized spacial score (nSPS) is 11.1. The molecular weight excluding hydrogens is 318 g/mol. The number of fused-ring (bicyclic) bond motifs is 3. The van der Waals surface area contributed by atoms with Gasteiger partial charge in [-0.25, -0.2) is 0 Å². The molecule has 1 heterocycles. The molecule has 5 aromatic rings. The molecule has 26 heavy (non-hydrogen) atoms. The smallest absolute Gasteiger partial charge is 0.137 e. The van der Waals surface area contributed by atoms with Gasteiger partial charge in [-0.1, -0.05) is 60.7 Å². The Kier molecular flexibility index (Phi) is 3.46. The highest BCUT2D eigenvalue weighted by Gasteiger charge is 2.12. The Balaban J connectivity index is 1.66. The van der Waals surface area contributed by atoms with Gasteiger partial charge in [0.1, 0.15) is 11.2 Å². The van der Waals surface area contributed by atoms with Gasteiger partial charge < -0.3 is 9.73 Å². The lowest BCUT2D eigenvalue weighted by molar-refractivity contribution is 0.669. The van der Waals surface area contributed by atoms with Crippen molar-refractivity contribution >= 4 is 33.3 Å². The second-order valence-electron chi connectivity index (χ2n) is 6.35. The van der Waals surface area contributed by atoms with Crippen molar-refractivity contribution in [2.75, 3.05) is 5.32 Å². The van der Waals surface area contributed by atoms with Crippen molar-refractivity contribution in [1.29, 1.82) is 0 Å². The summed E-state index contributed by atoms with van der Waals surface area (Å²) in [6.45, 7) is 0. The van der Waals surface area contributed by atoms with Crippen LogP contribution in [-0.2, 0) is 0 Å². The van der Waals surface area contributed by atoms with Crippen LogP contribution in [0, 0.1) is 0 Å². The number of hydrogen-bond acceptors (Lipinski definition) is 2. The fraction of sp³-hybridized carbons (Fsp3) is 0. The van der Waals surface area contributed by atoms with Crippen molar-refractivity contribution in [1.82, 2.24) is 0 Å². The largest absolute Gasteiger partial charge is 0.456 e. The van der Waals surface area contributed by atoms with Gasteiger partial charge in [-0.15, -0.1) is 0 Å². The van der Waals surface area contributed by atoms with E-state index in [9.17, 15) is 0 Å². The van der Waals surface area contributed by atoms with Crippen LogP contribution < -0.4 is 5.32 Å². The summed E-state index contributed by atoms with van der Waals surface area (Å²) in [6, 6.07) is 33.2. The highest BCUT2D eigenvalue weighted by molar-refractivity contribution is 6.12. The maximum atomic E-state index is 6.15. The van der Waals surface area contributed by atoms with Gasteiger partial charge in [0.05, 0.1) is 0 Å². The topological polar surface area (TPSA) is 25.2 Å². The third-order valence-electron chi connectivity index (χ3n) is 4.64. The minimum Gasteiger partial charge on any atom is -0.456 e. The molecule has 4 aromatic carbocycles. The van der Waals surface area contributed by atoms with Gasteiger partial charge in [0, 0.05) is 28.2 Å². The number of hydrogen-bond donors (Lipinski definition) is 1. The first kappa shape index (κ1) is 14.8. The summed E-state index contributed by atoms with van der Waals surface area (Å²) in [5.41, 5.74) is 6.29. The highest BCUT2D eigenvalue weighted by Crippen LogP contribution is 2.37. The van der Waals surface area contributed by atoms with Crippen molar-refractivity contribution in [3.05, 3.63) is 97.1 Å². The summed E-state index contributed by atoms with van der Waals surface area (Å²) in [4.78, 5) is 0. The molecule has 1 N–H and O–H groups in total. The van der Waals surface area contributed by atoms with Crippen LogP contribution >= 0.6 is 0 Å². The number of benzene rings is 4. The van der Waals surface area contributed by atoms with Crippen LogP contribution in [0.25, 0.3) is 33.1 Å². The van der Waals surface area contributed by atoms with Gasteiger partial charge in [0.25, 0.3) is 0 Å². The predicted octanol–water partition coefficient (Wildman–Crippen LogP) is 7.00. The van der Waals surface area contributed by atoms with Crippen molar-refractivity contribution in [3.8, 4) is 11.1 Å². The zero-order valence-electron chi connectivity index (χ0n) is 14.1. The maximum absolute atomic E-state index is 6.15. The number of furan rings is 1. The Morgan fingerprint density at radius 3 is 2.15 bits per heavy atom. The Morgan fingerprint density at radius 1 is 0.577 bits per heavy atom. The molecule has 0 saturated carbocycles. The van der Waals surface area contributed by atoms with E-state index in [0.29, 0.717) is 0 Å². The Morgan fingerprint density at radius 2 is 1.35 bits per heavy atom. The third-order valence-corrected chi connectivity index (χ3v) is 4.64. The third kappa shape index (κ3) is 2.52. The molecule has 2 heteroatoms. The van der Waals surface area contributed by atoms with Gasteiger partial charge in [-0.2, -0.15) is 0 Å². The Bertz CT molecular complexity index is 1190. The molecule has 0 radical (unpaired) electrons. The lowest BCUT2D eigenvalue weighted by atomic mass is 9.99. The predicted molar refractivity (Wildman–Crippen MR) is 109 cm³/mol. The molecule has 0 aliphatic carbocycles. The molecule has 0 aliphatic rings. The average Bonchev–Trinajstić information content (AvgIpc) is 3.07. The first-order chi connectivity index (χ1) is 12.9. The van der Waals surface area contributed by atoms with E-state index in [2.05, 4.69) is 72.0 Å². The van der Waals surface area contributed by atoms with Crippen molar-refractivity contribution < 1.29 is 4.42 Å². The molecule has 124 valence electrons. The molecule has 0 spiro atoms. The monoisotopic (exact) mass is 335 g/mol. The van der Waals surface area contributed by atoms with E-state index in [0.717, 1.165) is 27.9 Å². The maximum Gasteiger partial charge on any atom is 0.137 e. The van der Waals surface area contributed by atoms with E-state index in [1.165, 1.54) is 16.5 Å². The van der Waals surface area contributed by atoms with Crippen LogP contribution in [0.5, 0.6) is 0 Å². The quantitative estimate of drug-likeness (QED) is 0.384. The molecule has 0 unspecified atom stereocenters. The molecule has 0 atom stereocenters. The fourth-order valence-electron chi connectivity index (χ4n) is 3.45. The number of rotatable bonds is 3. The van der Waals surface area contributed by atoms with Crippen LogP contribution in [0.3, 0.4) is 0 Å². The van der Waals surface area contributed by atoms with Crippen LogP contribution in [-0.4, -0.2) is 0 Å². The zero-order valence-corrected chi connectivity index (χ0v) is 14.1. The van der Waals surface area contributed by atoms with Gasteiger partial charge in [-0.05, 0) is 41.5 Å². The van der Waals surface area contributed by atoms with Crippen LogP contribution in [0.4, 0.5) is 11.4 Å². The lowest BCUT2D eigenvalue weighted by Crippen LogP contribution is -1.88. The standard InChI is InChI=1S/C24H17NO/c1-3-8-17(9-4-1)20-12-7-13-22-24(20)21-15-14-19(16-23(21)26-22)25-18-10-5-2-6-11-18/h1-16,25H. The van der Waals surface area contributed by atoms with Crippen molar-refractivity contribution in [3.63, 3.8) is 0 Å². The van der Waals surface area contributed by atoms with Crippen LogP contribution in [0.2, 0.25) is 0 Å². The molecule has 0 saturated heterocycles. The van der Waals surface area contributed by atoms with E-state index < -0.39 is 0 Å². The second kappa shape index (κ2) is 6.08. The summed E-state index contributed by atoms with van der Waals surface area (Å²) in [5.74, 6) is 0. The van der Waals surface area contributed by atoms with E-state index in [1.54, 1.807) is 0 Å². The summed E-state index contributed by atoms with van der Waals surface area (Å²) in [6.07, 6.45) is 0. The summed E-state index contributed by atoms with van der Waals surface area (Å²) < 4.78 is 6.15. The number of anilines is 2. The van der Waals surface area contributed by atoms with E-state index >= 15 is 0 Å². The SMILES string of the molecule is c1ccc(Nc2ccc3c(c2)oc2cccc(-c4ccccc4)c23)cc1. The summed E-state index contributed by atoms with van der Waals surface area (Å²) in [7, 11) is 0. The fourth-order valence-corrected chi connectivity index (χ4v) is 3.45. The number of nitrogens with one attached hydrogen (secondary N) is 1. The minimum absolute atomic E-state index is 0.893. The van der Waals surface area contributed by atoms with Gasteiger partial charge in [0.15, 0.2) is 0 Å². The highest BCUT2D eigenvalue weighted by atomic mass is 16.3. The molecule has 5 rings (SSSR count). The Hall–Kier alpha value is -3.52. The molecular formula is C24H17NO. The van der Waals surface area contributed by atoms with Gasteiger partial charge >= 0.3 is 0 Å². The van der Waals surface area contributed by atoms with E-state index in [-0.39, 0.29) is 0 Å². The van der Waals surface area contributed by atoms with Crippen molar-refractivity contribution in [2.24, 2.45) is 0 Å². The molecule has 0 amide bonds. The van der Waals surface area contributed by atoms with Gasteiger partial charge in [-0.3, -0.25) is 0 Å². The van der Waals surface area contributed by atoms with Crippen LogP contribution in [0.1, 0.15) is 0 Å². The first-order valence-electron chi connectivity index (χ1n) is 8.71. The minimum atomic E-state index is 0.893. The van der Waals surface area contributed by atoms with Gasteiger partial charge in [0.2, 0.25) is 0 Å². The molecule has 1 aromatic heterocycles. The summed E-state index contributed by atoms with van der Waals surface area (Å²) in [5, 5.41) is 5.73. The molecule has 0 fully saturated rings. The Labute approximate surface area is 151 Å². The zero-order chi connectivity index (χ0) is 17.3. The molecule has 0 aliphatic heterocycles. The lowest BCUT2D eigenvalue weighted by Gasteiger charge is -2.06. The van der Waals surface area contributed by atoms with E-state index in [4.69, 9.17) is 4.42 Å². The van der Waals surface area contributed by atoms with Crippen molar-refractivity contribution in [2.45, 2.75) is 0 Å². The average molecular weight is 335 g/mol. The first-order valence-corrected chi connectivity index (χ1v) is 8.71. The van der Waals surface area contributed by atoms with Crippen LogP contribution in [0.15, 0.2) is 101 Å². The summed E-state index contributed by atoms with van der Waals surface area (Å²) >= 11 is 0.